The Morgan fingerprint density at radius 1 is 1.30 bits per heavy atom. The van der Waals surface area contributed by atoms with Gasteiger partial charge in [-0.15, -0.1) is 10.2 Å². The molecule has 0 unspecified atom stereocenters. The summed E-state index contributed by atoms with van der Waals surface area (Å²) in [6.07, 6.45) is 4.35. The number of anilines is 1. The lowest BCUT2D eigenvalue weighted by Crippen LogP contribution is -2.15. The lowest BCUT2D eigenvalue weighted by atomic mass is 10.2. The van der Waals surface area contributed by atoms with Gasteiger partial charge < -0.3 is 0 Å². The van der Waals surface area contributed by atoms with Crippen LogP contribution in [0, 0.1) is 0 Å². The molecule has 5 nitrogen and oxygen atoms in total. The Kier molecular flexibility index (Phi) is 3.83. The van der Waals surface area contributed by atoms with Crippen LogP contribution in [0.4, 0.5) is 5.95 Å². The van der Waals surface area contributed by atoms with Crippen LogP contribution in [0.2, 0.25) is 0 Å². The van der Waals surface area contributed by atoms with Crippen molar-refractivity contribution in [3.8, 4) is 0 Å². The first-order valence-corrected chi connectivity index (χ1v) is 7.41. The highest BCUT2D eigenvalue weighted by Crippen LogP contribution is 2.25. The fourth-order valence-electron chi connectivity index (χ4n) is 1.96. The van der Waals surface area contributed by atoms with Crippen molar-refractivity contribution >= 4 is 29.7 Å². The van der Waals surface area contributed by atoms with Crippen molar-refractivity contribution in [1.29, 1.82) is 0 Å². The third-order valence-electron chi connectivity index (χ3n) is 2.94. The largest absolute Gasteiger partial charge is 0.291 e. The van der Waals surface area contributed by atoms with Gasteiger partial charge >= 0.3 is 0 Å². The van der Waals surface area contributed by atoms with E-state index in [-0.39, 0.29) is 5.91 Å². The van der Waals surface area contributed by atoms with Crippen LogP contribution in [-0.4, -0.2) is 26.4 Å². The van der Waals surface area contributed by atoms with E-state index >= 15 is 0 Å². The summed E-state index contributed by atoms with van der Waals surface area (Å²) in [5.41, 5.74) is 0.987. The number of amides is 1. The summed E-state index contributed by atoms with van der Waals surface area (Å²) < 4.78 is 1.95. The van der Waals surface area contributed by atoms with Crippen molar-refractivity contribution in [1.82, 2.24) is 14.8 Å². The quantitative estimate of drug-likeness (QED) is 0.880. The molecule has 1 aromatic heterocycles. The number of fused-ring (bicyclic) bond motifs is 1. The van der Waals surface area contributed by atoms with E-state index in [4.69, 9.17) is 0 Å². The highest BCUT2D eigenvalue weighted by molar-refractivity contribution is 7.99. The summed E-state index contributed by atoms with van der Waals surface area (Å²) in [6, 6.07) is 9.70. The molecule has 0 fully saturated rings. The third kappa shape index (κ3) is 2.91. The number of hydrogen-bond acceptors (Lipinski definition) is 4. The van der Waals surface area contributed by atoms with Crippen molar-refractivity contribution in [2.45, 2.75) is 18.1 Å². The number of nitrogens with one attached hydrogen (secondary N) is 1. The van der Waals surface area contributed by atoms with Crippen molar-refractivity contribution in [2.24, 2.45) is 0 Å². The van der Waals surface area contributed by atoms with Crippen molar-refractivity contribution in [2.75, 3.05) is 11.1 Å². The van der Waals surface area contributed by atoms with Crippen LogP contribution in [0.15, 0.2) is 41.6 Å². The molecule has 0 spiro atoms. The normalized spacial score (nSPS) is 14.2. The van der Waals surface area contributed by atoms with Gasteiger partial charge in [-0.2, -0.15) is 0 Å². The summed E-state index contributed by atoms with van der Waals surface area (Å²) in [4.78, 5) is 11.9. The molecule has 0 saturated carbocycles. The molecule has 0 radical (unpaired) electrons. The van der Waals surface area contributed by atoms with Crippen molar-refractivity contribution in [3.05, 3.63) is 42.0 Å². The maximum Gasteiger partial charge on any atom is 0.250 e. The molecule has 0 bridgehead atoms. The Morgan fingerprint density at radius 3 is 3.00 bits per heavy atom. The predicted molar refractivity (Wildman–Crippen MR) is 79.5 cm³/mol. The molecule has 1 amide bonds. The van der Waals surface area contributed by atoms with Gasteiger partial charge in [-0.05, 0) is 18.1 Å². The van der Waals surface area contributed by atoms with Gasteiger partial charge in [0.15, 0.2) is 5.16 Å². The first-order chi connectivity index (χ1) is 9.83. The van der Waals surface area contributed by atoms with Crippen LogP contribution < -0.4 is 5.32 Å². The molecule has 0 saturated heterocycles. The molecule has 2 aromatic rings. The van der Waals surface area contributed by atoms with Gasteiger partial charge in [0, 0.05) is 18.4 Å². The second-order valence-corrected chi connectivity index (χ2v) is 5.46. The summed E-state index contributed by atoms with van der Waals surface area (Å²) in [6.45, 7) is 0.855. The van der Waals surface area contributed by atoms with Gasteiger partial charge in [-0.3, -0.25) is 14.7 Å². The first kappa shape index (κ1) is 12.9. The van der Waals surface area contributed by atoms with Crippen molar-refractivity contribution in [3.63, 3.8) is 0 Å². The van der Waals surface area contributed by atoms with E-state index in [1.807, 2.05) is 34.9 Å². The summed E-state index contributed by atoms with van der Waals surface area (Å²) in [7, 11) is 0. The van der Waals surface area contributed by atoms with E-state index in [0.29, 0.717) is 5.95 Å². The lowest BCUT2D eigenvalue weighted by molar-refractivity contribution is -0.111. The Labute approximate surface area is 121 Å². The third-order valence-corrected chi connectivity index (χ3v) is 3.99. The van der Waals surface area contributed by atoms with Crippen LogP contribution in [-0.2, 0) is 11.3 Å². The zero-order chi connectivity index (χ0) is 13.8. The average Bonchev–Trinajstić information content (AvgIpc) is 2.90. The zero-order valence-electron chi connectivity index (χ0n) is 10.8. The highest BCUT2D eigenvalue weighted by atomic mass is 32.2. The number of hydrogen-bond donors (Lipinski definition) is 1. The minimum absolute atomic E-state index is 0.195. The minimum atomic E-state index is -0.195. The molecular formula is C14H14N4OS. The smallest absolute Gasteiger partial charge is 0.250 e. The number of carbonyl (C=O) groups is 1. The summed E-state index contributed by atoms with van der Waals surface area (Å²) in [5, 5.41) is 11.7. The predicted octanol–water partition coefficient (Wildman–Crippen LogP) is 2.43. The standard InChI is InChI=1S/C14H14N4OS/c19-12(8-7-11-5-2-1-3-6-11)15-13-16-17-14-18(13)9-4-10-20-14/h1-3,5-8H,4,9-10H2,(H,15,16,19)/b8-7+. The number of carbonyl (C=O) groups excluding carboxylic acids is 1. The van der Waals surface area contributed by atoms with Crippen LogP contribution in [0.3, 0.4) is 0 Å². The Balaban J connectivity index is 1.67. The molecule has 0 atom stereocenters. The molecule has 2 heterocycles. The lowest BCUT2D eigenvalue weighted by Gasteiger charge is -2.13. The molecule has 1 aromatic carbocycles. The van der Waals surface area contributed by atoms with Gasteiger partial charge in [-0.25, -0.2) is 0 Å². The molecule has 0 aliphatic carbocycles. The number of thioether (sulfide) groups is 1. The second-order valence-electron chi connectivity index (χ2n) is 4.39. The number of benzene rings is 1. The Morgan fingerprint density at radius 2 is 2.15 bits per heavy atom. The maximum atomic E-state index is 11.9. The average molecular weight is 286 g/mol. The fourth-order valence-corrected chi connectivity index (χ4v) is 2.85. The van der Waals surface area contributed by atoms with Gasteiger partial charge in [-0.1, -0.05) is 42.1 Å². The maximum absolute atomic E-state index is 11.9. The van der Waals surface area contributed by atoms with E-state index in [2.05, 4.69) is 15.5 Å². The highest BCUT2D eigenvalue weighted by Gasteiger charge is 2.16. The van der Waals surface area contributed by atoms with E-state index in [9.17, 15) is 4.79 Å². The molecular weight excluding hydrogens is 272 g/mol. The van der Waals surface area contributed by atoms with Gasteiger partial charge in [0.2, 0.25) is 5.95 Å². The number of rotatable bonds is 3. The van der Waals surface area contributed by atoms with E-state index in [1.165, 1.54) is 6.08 Å². The molecule has 102 valence electrons. The van der Waals surface area contributed by atoms with Gasteiger partial charge in [0.1, 0.15) is 0 Å². The van der Waals surface area contributed by atoms with Crippen LogP contribution in [0.5, 0.6) is 0 Å². The van der Waals surface area contributed by atoms with Crippen molar-refractivity contribution < 1.29 is 4.79 Å². The second kappa shape index (κ2) is 5.92. The first-order valence-electron chi connectivity index (χ1n) is 6.43. The van der Waals surface area contributed by atoms with E-state index in [1.54, 1.807) is 17.8 Å². The number of aromatic nitrogens is 3. The van der Waals surface area contributed by atoms with Crippen LogP contribution >= 0.6 is 11.8 Å². The fraction of sp³-hybridized carbons (Fsp3) is 0.214. The topological polar surface area (TPSA) is 59.8 Å². The molecule has 6 heteroatoms. The monoisotopic (exact) mass is 286 g/mol. The Hall–Kier alpha value is -2.08. The molecule has 1 aliphatic rings. The molecule has 1 aliphatic heterocycles. The van der Waals surface area contributed by atoms with Crippen LogP contribution in [0.25, 0.3) is 6.08 Å². The summed E-state index contributed by atoms with van der Waals surface area (Å²) in [5.74, 6) is 1.38. The molecule has 1 N–H and O–H groups in total. The molecule has 20 heavy (non-hydrogen) atoms. The van der Waals surface area contributed by atoms with Gasteiger partial charge in [0.05, 0.1) is 0 Å². The SMILES string of the molecule is O=C(/C=C/c1ccccc1)Nc1nnc2n1CCCS2. The molecule has 3 rings (SSSR count). The Bertz CT molecular complexity index is 636. The number of nitrogens with zero attached hydrogens (tertiary/aromatic N) is 3. The van der Waals surface area contributed by atoms with Gasteiger partial charge in [0.25, 0.3) is 5.91 Å². The minimum Gasteiger partial charge on any atom is -0.291 e. The zero-order valence-corrected chi connectivity index (χ0v) is 11.6. The summed E-state index contributed by atoms with van der Waals surface area (Å²) >= 11 is 1.67. The van der Waals surface area contributed by atoms with Crippen LogP contribution in [0.1, 0.15) is 12.0 Å². The van der Waals surface area contributed by atoms with E-state index < -0.39 is 0 Å². The van der Waals surface area contributed by atoms with E-state index in [0.717, 1.165) is 29.4 Å².